The zero-order chi connectivity index (χ0) is 15.6. The predicted molar refractivity (Wildman–Crippen MR) is 75.3 cm³/mol. The van der Waals surface area contributed by atoms with Crippen LogP contribution in [0.2, 0.25) is 0 Å². The van der Waals surface area contributed by atoms with Gasteiger partial charge in [-0.3, -0.25) is 4.28 Å². The molecule has 2 N–H and O–H groups in total. The molecule has 1 aromatic carbocycles. The number of nitrogens with two attached hydrogens (primary N) is 1. The number of aryl methyl sites for hydroxylation is 1. The van der Waals surface area contributed by atoms with Gasteiger partial charge in [-0.2, -0.15) is 8.42 Å². The van der Waals surface area contributed by atoms with Gasteiger partial charge in [-0.1, -0.05) is 12.1 Å². The van der Waals surface area contributed by atoms with Crippen molar-refractivity contribution in [3.63, 3.8) is 0 Å². The van der Waals surface area contributed by atoms with E-state index in [9.17, 15) is 12.8 Å². The van der Waals surface area contributed by atoms with Gasteiger partial charge in [-0.25, -0.2) is 9.37 Å². The molecule has 112 valence electrons. The summed E-state index contributed by atoms with van der Waals surface area (Å²) in [4.78, 5) is 4.19. The molecule has 0 saturated carbocycles. The number of imidazole rings is 1. The average molecular weight is 312 g/mol. The molecule has 2 rings (SSSR count). The smallest absolute Gasteiger partial charge is 0.325 e. The predicted octanol–water partition coefficient (Wildman–Crippen LogP) is 0.823. The second-order valence-corrected chi connectivity index (χ2v) is 5.88. The first-order valence-electron chi connectivity index (χ1n) is 5.78. The fourth-order valence-electron chi connectivity index (χ4n) is 1.64. The summed E-state index contributed by atoms with van der Waals surface area (Å²) in [5, 5.41) is 3.30. The molecule has 0 atom stereocenters. The fraction of sp³-hybridized carbons (Fsp3) is 0.167. The van der Waals surface area contributed by atoms with E-state index in [0.717, 1.165) is 6.26 Å². The number of aromatic nitrogens is 2. The van der Waals surface area contributed by atoms with Gasteiger partial charge in [0, 0.05) is 18.8 Å². The highest BCUT2D eigenvalue weighted by molar-refractivity contribution is 7.85. The van der Waals surface area contributed by atoms with Crippen LogP contribution in [0.1, 0.15) is 5.82 Å². The van der Waals surface area contributed by atoms with E-state index in [4.69, 9.17) is 5.73 Å². The molecule has 9 heteroatoms. The van der Waals surface area contributed by atoms with Crippen molar-refractivity contribution >= 4 is 16.0 Å². The van der Waals surface area contributed by atoms with Crippen molar-refractivity contribution in [1.29, 1.82) is 0 Å². The van der Waals surface area contributed by atoms with Crippen molar-refractivity contribution in [2.24, 2.45) is 17.9 Å². The highest BCUT2D eigenvalue weighted by Gasteiger charge is 2.12. The van der Waals surface area contributed by atoms with E-state index in [2.05, 4.69) is 14.4 Å². The molecule has 0 saturated heterocycles. The van der Waals surface area contributed by atoms with Gasteiger partial charge in [-0.15, -0.1) is 0 Å². The van der Waals surface area contributed by atoms with E-state index in [-0.39, 0.29) is 17.5 Å². The Morgan fingerprint density at radius 3 is 2.81 bits per heavy atom. The number of rotatable bonds is 4. The molecule has 0 aliphatic rings. The Bertz CT molecular complexity index is 799. The summed E-state index contributed by atoms with van der Waals surface area (Å²) in [5.41, 5.74) is 6.67. The Labute approximate surface area is 121 Å². The normalized spacial score (nSPS) is 12.4. The van der Waals surface area contributed by atoms with Crippen LogP contribution in [0, 0.1) is 5.82 Å². The maximum absolute atomic E-state index is 13.2. The van der Waals surface area contributed by atoms with Gasteiger partial charge in [0.05, 0.1) is 11.9 Å². The van der Waals surface area contributed by atoms with Gasteiger partial charge in [-0.05, 0) is 17.3 Å². The molecule has 0 bridgehead atoms. The number of benzene rings is 1. The molecule has 1 aromatic heterocycles. The topological polar surface area (TPSA) is 99.6 Å². The fourth-order valence-corrected chi connectivity index (χ4v) is 1.86. The third-order valence-corrected chi connectivity index (χ3v) is 2.84. The Hall–Kier alpha value is -2.42. The molecular formula is C12H13FN4O3S. The lowest BCUT2D eigenvalue weighted by Gasteiger charge is -1.99. The summed E-state index contributed by atoms with van der Waals surface area (Å²) in [6.45, 7) is 0. The minimum absolute atomic E-state index is 0.203. The van der Waals surface area contributed by atoms with Crippen molar-refractivity contribution < 1.29 is 17.1 Å². The van der Waals surface area contributed by atoms with Crippen molar-refractivity contribution in [1.82, 2.24) is 9.55 Å². The molecule has 0 amide bonds. The van der Waals surface area contributed by atoms with Crippen LogP contribution in [-0.4, -0.2) is 30.1 Å². The second kappa shape index (κ2) is 5.52. The molecule has 2 aromatic rings. The number of hydrogen-bond acceptors (Lipinski definition) is 5. The Morgan fingerprint density at radius 2 is 2.19 bits per heavy atom. The standard InChI is InChI=1S/C12H13FN4O3S/c1-17-7-10(8-4-3-5-9(13)6-8)15-12(17)11(14)16-20-21(2,18)19/h3-7H,1-2H3,(H2,14,16). The summed E-state index contributed by atoms with van der Waals surface area (Å²) in [6, 6.07) is 5.90. The monoisotopic (exact) mass is 312 g/mol. The van der Waals surface area contributed by atoms with E-state index >= 15 is 0 Å². The Kier molecular flexibility index (Phi) is 3.94. The van der Waals surface area contributed by atoms with Crippen LogP contribution in [0.4, 0.5) is 4.39 Å². The summed E-state index contributed by atoms with van der Waals surface area (Å²) in [5.74, 6) is -0.384. The molecule has 0 aliphatic heterocycles. The first-order chi connectivity index (χ1) is 9.76. The first-order valence-corrected chi connectivity index (χ1v) is 7.59. The highest BCUT2D eigenvalue weighted by Crippen LogP contribution is 2.19. The van der Waals surface area contributed by atoms with E-state index in [1.54, 1.807) is 25.4 Å². The molecule has 0 spiro atoms. The van der Waals surface area contributed by atoms with Crippen molar-refractivity contribution in [2.45, 2.75) is 0 Å². The largest absolute Gasteiger partial charge is 0.378 e. The van der Waals surface area contributed by atoms with Gasteiger partial charge in [0.15, 0.2) is 5.82 Å². The lowest BCUT2D eigenvalue weighted by molar-refractivity contribution is 0.342. The van der Waals surface area contributed by atoms with Gasteiger partial charge >= 0.3 is 10.1 Å². The molecular weight excluding hydrogens is 299 g/mol. The van der Waals surface area contributed by atoms with E-state index in [1.807, 2.05) is 0 Å². The second-order valence-electron chi connectivity index (χ2n) is 4.33. The van der Waals surface area contributed by atoms with Gasteiger partial charge in [0.25, 0.3) is 0 Å². The van der Waals surface area contributed by atoms with Crippen molar-refractivity contribution in [3.8, 4) is 11.3 Å². The maximum atomic E-state index is 13.2. The number of nitrogens with zero attached hydrogens (tertiary/aromatic N) is 3. The maximum Gasteiger partial charge on any atom is 0.325 e. The van der Waals surface area contributed by atoms with Crippen LogP contribution in [0.15, 0.2) is 35.6 Å². The molecule has 0 unspecified atom stereocenters. The lowest BCUT2D eigenvalue weighted by atomic mass is 10.2. The Balaban J connectivity index is 2.35. The summed E-state index contributed by atoms with van der Waals surface area (Å²) in [7, 11) is -2.10. The van der Waals surface area contributed by atoms with Crippen molar-refractivity contribution in [3.05, 3.63) is 42.1 Å². The van der Waals surface area contributed by atoms with E-state index < -0.39 is 10.1 Å². The molecule has 0 fully saturated rings. The van der Waals surface area contributed by atoms with Gasteiger partial charge < -0.3 is 10.3 Å². The lowest BCUT2D eigenvalue weighted by Crippen LogP contribution is -2.19. The molecule has 21 heavy (non-hydrogen) atoms. The average Bonchev–Trinajstić information content (AvgIpc) is 2.77. The summed E-state index contributed by atoms with van der Waals surface area (Å²) < 4.78 is 40.7. The highest BCUT2D eigenvalue weighted by atomic mass is 32.2. The molecule has 7 nitrogen and oxygen atoms in total. The zero-order valence-electron chi connectivity index (χ0n) is 11.3. The van der Waals surface area contributed by atoms with Crippen LogP contribution in [0.5, 0.6) is 0 Å². The number of oxime groups is 1. The molecule has 0 radical (unpaired) electrons. The van der Waals surface area contributed by atoms with Gasteiger partial charge in [0.2, 0.25) is 5.84 Å². The van der Waals surface area contributed by atoms with Crippen LogP contribution in [-0.2, 0) is 21.4 Å². The summed E-state index contributed by atoms with van der Waals surface area (Å²) in [6.07, 6.45) is 2.47. The number of halogens is 1. The minimum Gasteiger partial charge on any atom is -0.378 e. The third kappa shape index (κ3) is 3.78. The zero-order valence-corrected chi connectivity index (χ0v) is 12.1. The van der Waals surface area contributed by atoms with Gasteiger partial charge in [0.1, 0.15) is 5.82 Å². The van der Waals surface area contributed by atoms with E-state index in [1.165, 1.54) is 16.7 Å². The SMILES string of the molecule is Cn1cc(-c2cccc(F)c2)nc1C(N)=NOS(C)(=O)=O. The Morgan fingerprint density at radius 1 is 1.48 bits per heavy atom. The van der Waals surface area contributed by atoms with Crippen LogP contribution >= 0.6 is 0 Å². The third-order valence-electron chi connectivity index (χ3n) is 2.50. The van der Waals surface area contributed by atoms with Crippen LogP contribution in [0.3, 0.4) is 0 Å². The first kappa shape index (κ1) is 15.0. The molecule has 0 aliphatic carbocycles. The molecule has 1 heterocycles. The van der Waals surface area contributed by atoms with Crippen LogP contribution < -0.4 is 5.73 Å². The number of hydrogen-bond donors (Lipinski definition) is 1. The number of amidine groups is 1. The quantitative estimate of drug-likeness (QED) is 0.512. The van der Waals surface area contributed by atoms with Crippen LogP contribution in [0.25, 0.3) is 11.3 Å². The minimum atomic E-state index is -3.75. The van der Waals surface area contributed by atoms with E-state index in [0.29, 0.717) is 11.3 Å². The van der Waals surface area contributed by atoms with Crippen molar-refractivity contribution in [2.75, 3.05) is 6.26 Å². The summed E-state index contributed by atoms with van der Waals surface area (Å²) >= 11 is 0.